The first-order chi connectivity index (χ1) is 4.74. The van der Waals surface area contributed by atoms with Gasteiger partial charge in [0.2, 0.25) is 0 Å². The second-order valence-electron chi connectivity index (χ2n) is 2.27. The predicted octanol–water partition coefficient (Wildman–Crippen LogP) is 2.05. The van der Waals surface area contributed by atoms with E-state index in [0.29, 0.717) is 5.56 Å². The van der Waals surface area contributed by atoms with Crippen LogP contribution in [0, 0.1) is 25.2 Å². The summed E-state index contributed by atoms with van der Waals surface area (Å²) in [5, 5.41) is 8.55. The molecular weight excluding hydrogens is 122 g/mol. The van der Waals surface area contributed by atoms with E-state index in [0.717, 1.165) is 11.1 Å². The molecule has 0 aliphatic rings. The van der Waals surface area contributed by atoms with Crippen molar-refractivity contribution in [1.82, 2.24) is 0 Å². The number of nitrogens with zero attached hydrogens (tertiary/aromatic N) is 1. The highest BCUT2D eigenvalue weighted by Gasteiger charge is 1.94. The second kappa shape index (κ2) is 2.53. The molecule has 10 heavy (non-hydrogen) atoms. The van der Waals surface area contributed by atoms with Crippen LogP contribution >= 0.6 is 0 Å². The summed E-state index contributed by atoms with van der Waals surface area (Å²) < 4.78 is 0. The highest BCUT2D eigenvalue weighted by atomic mass is 14.2. The number of aryl methyl sites for hydroxylation is 1. The van der Waals surface area contributed by atoms with Crippen LogP contribution in [0.1, 0.15) is 16.7 Å². The molecule has 0 heterocycles. The van der Waals surface area contributed by atoms with E-state index in [2.05, 4.69) is 13.0 Å². The van der Waals surface area contributed by atoms with Crippen LogP contribution in [-0.4, -0.2) is 0 Å². The first kappa shape index (κ1) is 6.82. The van der Waals surface area contributed by atoms with Crippen LogP contribution in [-0.2, 0) is 0 Å². The maximum Gasteiger partial charge on any atom is 0.0994 e. The van der Waals surface area contributed by atoms with E-state index in [1.54, 1.807) is 0 Å². The lowest BCUT2D eigenvalue weighted by atomic mass is 10.1. The number of hydrogen-bond acceptors (Lipinski definition) is 1. The number of nitriles is 1. The van der Waals surface area contributed by atoms with E-state index in [-0.39, 0.29) is 0 Å². The molecule has 0 aromatic heterocycles. The summed E-state index contributed by atoms with van der Waals surface area (Å²) >= 11 is 0. The second-order valence-corrected chi connectivity index (χ2v) is 2.27. The molecule has 0 fully saturated rings. The highest BCUT2D eigenvalue weighted by molar-refractivity contribution is 5.41. The van der Waals surface area contributed by atoms with Crippen LogP contribution in [0.25, 0.3) is 0 Å². The van der Waals surface area contributed by atoms with Crippen molar-refractivity contribution in [3.8, 4) is 6.07 Å². The van der Waals surface area contributed by atoms with Crippen molar-refractivity contribution in [2.45, 2.75) is 6.92 Å². The normalized spacial score (nSPS) is 8.90. The molecule has 0 unspecified atom stereocenters. The van der Waals surface area contributed by atoms with Crippen LogP contribution in [0.15, 0.2) is 18.2 Å². The van der Waals surface area contributed by atoms with Gasteiger partial charge in [-0.1, -0.05) is 12.1 Å². The van der Waals surface area contributed by atoms with Crippen molar-refractivity contribution in [1.29, 1.82) is 5.26 Å². The monoisotopic (exact) mass is 130 g/mol. The van der Waals surface area contributed by atoms with Crippen molar-refractivity contribution in [2.75, 3.05) is 0 Å². The molecular formula is C9H8N. The molecule has 0 saturated heterocycles. The van der Waals surface area contributed by atoms with Gasteiger partial charge in [0.05, 0.1) is 11.6 Å². The van der Waals surface area contributed by atoms with Gasteiger partial charge in [0.25, 0.3) is 0 Å². The molecule has 0 N–H and O–H groups in total. The Morgan fingerprint density at radius 1 is 1.50 bits per heavy atom. The Balaban J connectivity index is 3.25. The Kier molecular flexibility index (Phi) is 1.73. The van der Waals surface area contributed by atoms with Gasteiger partial charge in [0, 0.05) is 0 Å². The SMILES string of the molecule is [CH2]c1ccc(C)cc1C#N. The van der Waals surface area contributed by atoms with Crippen LogP contribution < -0.4 is 0 Å². The largest absolute Gasteiger partial charge is 0.192 e. The van der Waals surface area contributed by atoms with Gasteiger partial charge >= 0.3 is 0 Å². The fraction of sp³-hybridized carbons (Fsp3) is 0.111. The van der Waals surface area contributed by atoms with E-state index in [4.69, 9.17) is 5.26 Å². The van der Waals surface area contributed by atoms with Crippen molar-refractivity contribution in [2.24, 2.45) is 0 Å². The van der Waals surface area contributed by atoms with Crippen LogP contribution in [0.3, 0.4) is 0 Å². The number of hydrogen-bond donors (Lipinski definition) is 0. The summed E-state index contributed by atoms with van der Waals surface area (Å²) in [5.74, 6) is 0. The Labute approximate surface area is 60.9 Å². The molecule has 1 nitrogen and oxygen atoms in total. The van der Waals surface area contributed by atoms with E-state index >= 15 is 0 Å². The summed E-state index contributed by atoms with van der Waals surface area (Å²) in [5.41, 5.74) is 2.57. The van der Waals surface area contributed by atoms with E-state index in [1.165, 1.54) is 0 Å². The zero-order valence-corrected chi connectivity index (χ0v) is 5.89. The first-order valence-electron chi connectivity index (χ1n) is 3.07. The van der Waals surface area contributed by atoms with Gasteiger partial charge in [0.15, 0.2) is 0 Å². The van der Waals surface area contributed by atoms with Gasteiger partial charge in [-0.15, -0.1) is 0 Å². The number of rotatable bonds is 0. The molecule has 0 bridgehead atoms. The quantitative estimate of drug-likeness (QED) is 0.527. The van der Waals surface area contributed by atoms with Crippen LogP contribution in [0.5, 0.6) is 0 Å². The fourth-order valence-corrected chi connectivity index (χ4v) is 0.794. The summed E-state index contributed by atoms with van der Waals surface area (Å²) in [7, 11) is 0. The third kappa shape index (κ3) is 1.16. The molecule has 49 valence electrons. The van der Waals surface area contributed by atoms with Gasteiger partial charge in [-0.25, -0.2) is 0 Å². The summed E-state index contributed by atoms with van der Waals surface area (Å²) in [4.78, 5) is 0. The minimum atomic E-state index is 0.667. The molecule has 0 spiro atoms. The molecule has 0 saturated carbocycles. The Bertz CT molecular complexity index is 281. The topological polar surface area (TPSA) is 23.8 Å². The average molecular weight is 130 g/mol. The summed E-state index contributed by atoms with van der Waals surface area (Å²) in [6.45, 7) is 5.67. The molecule has 1 radical (unpaired) electrons. The number of benzene rings is 1. The molecule has 0 aliphatic heterocycles. The first-order valence-corrected chi connectivity index (χ1v) is 3.07. The van der Waals surface area contributed by atoms with Crippen LogP contribution in [0.4, 0.5) is 0 Å². The summed E-state index contributed by atoms with van der Waals surface area (Å²) in [6.07, 6.45) is 0. The Morgan fingerprint density at radius 3 is 2.70 bits per heavy atom. The van der Waals surface area contributed by atoms with Crippen molar-refractivity contribution < 1.29 is 0 Å². The molecule has 1 aromatic rings. The van der Waals surface area contributed by atoms with Gasteiger partial charge in [0.1, 0.15) is 0 Å². The van der Waals surface area contributed by atoms with Gasteiger partial charge in [-0.05, 0) is 31.0 Å². The molecule has 1 rings (SSSR count). The minimum absolute atomic E-state index is 0.667. The lowest BCUT2D eigenvalue weighted by molar-refractivity contribution is 1.39. The molecule has 0 amide bonds. The molecule has 0 atom stereocenters. The van der Waals surface area contributed by atoms with E-state index in [1.807, 2.05) is 25.1 Å². The standard InChI is InChI=1S/C9H8N/c1-7-3-4-8(2)9(5-7)6-10/h3-5H,2H2,1H3. The Hall–Kier alpha value is -1.29. The lowest BCUT2D eigenvalue weighted by Crippen LogP contribution is -1.81. The Morgan fingerprint density at radius 2 is 2.20 bits per heavy atom. The zero-order chi connectivity index (χ0) is 7.56. The predicted molar refractivity (Wildman–Crippen MR) is 40.4 cm³/mol. The van der Waals surface area contributed by atoms with E-state index in [9.17, 15) is 0 Å². The third-order valence-electron chi connectivity index (χ3n) is 1.39. The molecule has 1 aromatic carbocycles. The van der Waals surface area contributed by atoms with Crippen molar-refractivity contribution in [3.63, 3.8) is 0 Å². The van der Waals surface area contributed by atoms with Crippen molar-refractivity contribution in [3.05, 3.63) is 41.8 Å². The van der Waals surface area contributed by atoms with Gasteiger partial charge in [-0.2, -0.15) is 5.26 Å². The lowest BCUT2D eigenvalue weighted by Gasteiger charge is -1.95. The zero-order valence-electron chi connectivity index (χ0n) is 5.89. The van der Waals surface area contributed by atoms with Crippen molar-refractivity contribution >= 4 is 0 Å². The average Bonchev–Trinajstić information content (AvgIpc) is 1.94. The highest BCUT2D eigenvalue weighted by Crippen LogP contribution is 2.08. The molecule has 1 heteroatoms. The maximum atomic E-state index is 8.55. The minimum Gasteiger partial charge on any atom is -0.192 e. The van der Waals surface area contributed by atoms with Gasteiger partial charge in [-0.3, -0.25) is 0 Å². The third-order valence-corrected chi connectivity index (χ3v) is 1.39. The summed E-state index contributed by atoms with van der Waals surface area (Å²) in [6, 6.07) is 7.71. The van der Waals surface area contributed by atoms with Crippen LogP contribution in [0.2, 0.25) is 0 Å². The smallest absolute Gasteiger partial charge is 0.0994 e. The maximum absolute atomic E-state index is 8.55. The fourth-order valence-electron chi connectivity index (χ4n) is 0.794. The van der Waals surface area contributed by atoms with E-state index < -0.39 is 0 Å². The van der Waals surface area contributed by atoms with Gasteiger partial charge < -0.3 is 0 Å². The molecule has 0 aliphatic carbocycles.